The summed E-state index contributed by atoms with van der Waals surface area (Å²) in [6, 6.07) is 2.68. The van der Waals surface area contributed by atoms with Crippen LogP contribution < -0.4 is 10.3 Å². The first-order valence-corrected chi connectivity index (χ1v) is 7.49. The number of hydrogen-bond acceptors (Lipinski definition) is 5. The lowest BCUT2D eigenvalue weighted by molar-refractivity contribution is 0.600. The number of sulfonamides is 1. The summed E-state index contributed by atoms with van der Waals surface area (Å²) in [7, 11) is -3.82. The van der Waals surface area contributed by atoms with E-state index < -0.39 is 10.0 Å². The normalized spacial score (nSPS) is 11.3. The molecule has 9 heteroatoms. The van der Waals surface area contributed by atoms with E-state index in [1.807, 2.05) is 0 Å². The van der Waals surface area contributed by atoms with E-state index in [0.29, 0.717) is 6.54 Å². The van der Waals surface area contributed by atoms with Crippen LogP contribution in [-0.4, -0.2) is 23.0 Å². The number of hydrogen-bond donors (Lipinski definition) is 1. The lowest BCUT2D eigenvalue weighted by atomic mass is 10.4. The summed E-state index contributed by atoms with van der Waals surface area (Å²) >= 11 is 5.50. The van der Waals surface area contributed by atoms with Crippen LogP contribution in [0.5, 0.6) is 0 Å². The van der Waals surface area contributed by atoms with E-state index in [1.54, 1.807) is 6.92 Å². The van der Waals surface area contributed by atoms with Gasteiger partial charge in [0.25, 0.3) is 15.6 Å². The van der Waals surface area contributed by atoms with Gasteiger partial charge in [-0.1, -0.05) is 0 Å². The van der Waals surface area contributed by atoms with Gasteiger partial charge in [-0.2, -0.15) is 0 Å². The zero-order valence-electron chi connectivity index (χ0n) is 10.4. The molecular weight excluding hydrogens is 304 g/mol. The summed E-state index contributed by atoms with van der Waals surface area (Å²) in [6.07, 6.45) is 3.64. The van der Waals surface area contributed by atoms with E-state index in [9.17, 15) is 13.2 Å². The van der Waals surface area contributed by atoms with Crippen molar-refractivity contribution in [1.29, 1.82) is 0 Å². The van der Waals surface area contributed by atoms with Crippen molar-refractivity contribution in [3.8, 4) is 0 Å². The molecule has 20 heavy (non-hydrogen) atoms. The Morgan fingerprint density at radius 2 is 1.95 bits per heavy atom. The molecule has 0 aliphatic rings. The highest BCUT2D eigenvalue weighted by Gasteiger charge is 2.15. The highest BCUT2D eigenvalue weighted by Crippen LogP contribution is 2.14. The van der Waals surface area contributed by atoms with Crippen molar-refractivity contribution in [2.45, 2.75) is 18.4 Å². The van der Waals surface area contributed by atoms with Gasteiger partial charge in [-0.05, 0) is 24.6 Å². The molecule has 0 amide bonds. The number of aryl methyl sites for hydroxylation is 1. The van der Waals surface area contributed by atoms with E-state index >= 15 is 0 Å². The van der Waals surface area contributed by atoms with E-state index in [-0.39, 0.29) is 21.4 Å². The molecule has 7 nitrogen and oxygen atoms in total. The molecule has 106 valence electrons. The largest absolute Gasteiger partial charge is 0.314 e. The van der Waals surface area contributed by atoms with Crippen molar-refractivity contribution in [3.63, 3.8) is 0 Å². The second kappa shape index (κ2) is 5.59. The fraction of sp³-hybridized carbons (Fsp3) is 0.182. The first-order chi connectivity index (χ1) is 9.42. The van der Waals surface area contributed by atoms with Crippen LogP contribution in [0.25, 0.3) is 0 Å². The first-order valence-electron chi connectivity index (χ1n) is 5.63. The Morgan fingerprint density at radius 3 is 2.55 bits per heavy atom. The summed E-state index contributed by atoms with van der Waals surface area (Å²) in [4.78, 5) is 18.5. The number of pyridine rings is 1. The summed E-state index contributed by atoms with van der Waals surface area (Å²) in [5.41, 5.74) is 0.0756. The number of halogens is 1. The molecule has 2 heterocycles. The van der Waals surface area contributed by atoms with Gasteiger partial charge in [-0.25, -0.2) is 18.4 Å². The third kappa shape index (κ3) is 3.14. The molecule has 2 rings (SSSR count). The predicted octanol–water partition coefficient (Wildman–Crippen LogP) is 1.11. The van der Waals surface area contributed by atoms with Crippen LogP contribution in [0.1, 0.15) is 6.92 Å². The number of anilines is 1. The lowest BCUT2D eigenvalue weighted by Crippen LogP contribution is -2.20. The van der Waals surface area contributed by atoms with E-state index in [4.69, 9.17) is 11.6 Å². The molecular formula is C11H11ClN4O3S. The maximum atomic E-state index is 12.1. The highest BCUT2D eigenvalue weighted by molar-refractivity contribution is 7.92. The molecule has 0 spiro atoms. The van der Waals surface area contributed by atoms with Crippen LogP contribution in [0.4, 0.5) is 5.69 Å². The third-order valence-electron chi connectivity index (χ3n) is 2.48. The summed E-state index contributed by atoms with van der Waals surface area (Å²) in [6.45, 7) is 2.23. The van der Waals surface area contributed by atoms with Crippen LogP contribution in [0, 0.1) is 0 Å². The van der Waals surface area contributed by atoms with Gasteiger partial charge in [0.1, 0.15) is 4.90 Å². The Kier molecular flexibility index (Phi) is 4.05. The van der Waals surface area contributed by atoms with Crippen molar-refractivity contribution in [1.82, 2.24) is 14.5 Å². The standard InChI is InChI=1S/C11H11ClN4O3S/c1-2-16-7-8(3-4-10(16)17)15-20(18,19)9-5-13-11(12)14-6-9/h3-7,15H,2H2,1H3. The predicted molar refractivity (Wildman–Crippen MR) is 74.2 cm³/mol. The molecule has 0 aromatic carbocycles. The average Bonchev–Trinajstić information content (AvgIpc) is 2.41. The van der Waals surface area contributed by atoms with Gasteiger partial charge in [0.15, 0.2) is 0 Å². The van der Waals surface area contributed by atoms with Crippen molar-refractivity contribution >= 4 is 27.3 Å². The minimum atomic E-state index is -3.82. The maximum Gasteiger partial charge on any atom is 0.265 e. The van der Waals surface area contributed by atoms with Crippen LogP contribution in [0.15, 0.2) is 40.4 Å². The number of rotatable bonds is 4. The Morgan fingerprint density at radius 1 is 1.30 bits per heavy atom. The van der Waals surface area contributed by atoms with Gasteiger partial charge in [0.2, 0.25) is 5.28 Å². The van der Waals surface area contributed by atoms with Gasteiger partial charge >= 0.3 is 0 Å². The van der Waals surface area contributed by atoms with E-state index in [0.717, 1.165) is 12.4 Å². The molecule has 2 aromatic heterocycles. The topological polar surface area (TPSA) is 93.9 Å². The number of nitrogens with zero attached hydrogens (tertiary/aromatic N) is 3. The summed E-state index contributed by atoms with van der Waals surface area (Å²) < 4.78 is 27.9. The molecule has 1 N–H and O–H groups in total. The summed E-state index contributed by atoms with van der Waals surface area (Å²) in [5.74, 6) is 0. The van der Waals surface area contributed by atoms with Crippen molar-refractivity contribution in [2.24, 2.45) is 0 Å². The third-order valence-corrected chi connectivity index (χ3v) is 4.01. The Bertz CT molecular complexity index is 771. The molecule has 0 aliphatic heterocycles. The molecule has 0 atom stereocenters. The molecule has 0 aliphatic carbocycles. The second-order valence-electron chi connectivity index (χ2n) is 3.84. The maximum absolute atomic E-state index is 12.1. The van der Waals surface area contributed by atoms with E-state index in [2.05, 4.69) is 14.7 Å². The van der Waals surface area contributed by atoms with E-state index in [1.165, 1.54) is 22.9 Å². The SMILES string of the molecule is CCn1cc(NS(=O)(=O)c2cnc(Cl)nc2)ccc1=O. The quantitative estimate of drug-likeness (QED) is 0.853. The second-order valence-corrected chi connectivity index (χ2v) is 5.86. The van der Waals surface area contributed by atoms with Crippen LogP contribution >= 0.6 is 11.6 Å². The Balaban J connectivity index is 2.33. The minimum absolute atomic E-state index is 0.0384. The zero-order chi connectivity index (χ0) is 14.8. The van der Waals surface area contributed by atoms with Crippen LogP contribution in [-0.2, 0) is 16.6 Å². The van der Waals surface area contributed by atoms with Crippen molar-refractivity contribution in [2.75, 3.05) is 4.72 Å². The molecule has 0 saturated heterocycles. The van der Waals surface area contributed by atoms with Gasteiger partial charge < -0.3 is 4.57 Å². The Labute approximate surface area is 120 Å². The van der Waals surface area contributed by atoms with Crippen molar-refractivity contribution in [3.05, 3.63) is 46.4 Å². The van der Waals surface area contributed by atoms with Gasteiger partial charge in [0.05, 0.1) is 18.1 Å². The Hall–Kier alpha value is -1.93. The fourth-order valence-corrected chi connectivity index (χ4v) is 2.52. The number of nitrogens with one attached hydrogen (secondary N) is 1. The monoisotopic (exact) mass is 314 g/mol. The molecule has 0 bridgehead atoms. The highest BCUT2D eigenvalue weighted by atomic mass is 35.5. The van der Waals surface area contributed by atoms with Gasteiger partial charge in [-0.15, -0.1) is 0 Å². The molecule has 0 radical (unpaired) electrons. The smallest absolute Gasteiger partial charge is 0.265 e. The van der Waals surface area contributed by atoms with Crippen LogP contribution in [0.2, 0.25) is 5.28 Å². The number of aromatic nitrogens is 3. The molecule has 0 saturated carbocycles. The van der Waals surface area contributed by atoms with Gasteiger partial charge in [0, 0.05) is 18.8 Å². The average molecular weight is 315 g/mol. The first kappa shape index (κ1) is 14.5. The minimum Gasteiger partial charge on any atom is -0.314 e. The zero-order valence-corrected chi connectivity index (χ0v) is 12.0. The van der Waals surface area contributed by atoms with Gasteiger partial charge in [-0.3, -0.25) is 9.52 Å². The molecule has 2 aromatic rings. The van der Waals surface area contributed by atoms with Crippen molar-refractivity contribution < 1.29 is 8.42 Å². The molecule has 0 unspecified atom stereocenters. The lowest BCUT2D eigenvalue weighted by Gasteiger charge is -2.09. The molecule has 0 fully saturated rings. The van der Waals surface area contributed by atoms with Crippen LogP contribution in [0.3, 0.4) is 0 Å². The fourth-order valence-electron chi connectivity index (χ4n) is 1.49. The summed E-state index contributed by atoms with van der Waals surface area (Å²) in [5, 5.41) is -0.0384.